The van der Waals surface area contributed by atoms with Gasteiger partial charge in [-0.2, -0.15) is 0 Å². The number of benzene rings is 1. The largest absolute Gasteiger partial charge is 0.337 e. The van der Waals surface area contributed by atoms with Crippen LogP contribution in [0.5, 0.6) is 0 Å². The van der Waals surface area contributed by atoms with Crippen molar-refractivity contribution in [1.29, 1.82) is 0 Å². The van der Waals surface area contributed by atoms with E-state index in [0.29, 0.717) is 19.0 Å². The highest BCUT2D eigenvalue weighted by Gasteiger charge is 2.10. The molecule has 0 bridgehead atoms. The van der Waals surface area contributed by atoms with E-state index in [0.717, 1.165) is 17.7 Å². The smallest absolute Gasteiger partial charge is 0.225 e. The van der Waals surface area contributed by atoms with Crippen LogP contribution in [-0.4, -0.2) is 16.5 Å². The maximum absolute atomic E-state index is 12.8. The minimum Gasteiger partial charge on any atom is -0.337 e. The molecule has 0 spiro atoms. The molecule has 0 aliphatic carbocycles. The predicted octanol–water partition coefficient (Wildman–Crippen LogP) is 2.10. The number of nitrogens with two attached hydrogens (primary N) is 1. The third kappa shape index (κ3) is 3.26. The SMILES string of the molecule is CCN(Cc1ccccc1CN)c1ncc(F)cn1. The molecule has 0 unspecified atom stereocenters. The highest BCUT2D eigenvalue weighted by molar-refractivity contribution is 5.35. The number of aromatic nitrogens is 2. The topological polar surface area (TPSA) is 55.0 Å². The van der Waals surface area contributed by atoms with Gasteiger partial charge in [0, 0.05) is 19.6 Å². The molecule has 19 heavy (non-hydrogen) atoms. The summed E-state index contributed by atoms with van der Waals surface area (Å²) in [6.07, 6.45) is 2.36. The minimum atomic E-state index is -0.429. The Labute approximate surface area is 112 Å². The Balaban J connectivity index is 2.21. The van der Waals surface area contributed by atoms with E-state index in [9.17, 15) is 4.39 Å². The summed E-state index contributed by atoms with van der Waals surface area (Å²) in [5.74, 6) is 0.0953. The predicted molar refractivity (Wildman–Crippen MR) is 73.0 cm³/mol. The van der Waals surface area contributed by atoms with Crippen LogP contribution in [0.25, 0.3) is 0 Å². The van der Waals surface area contributed by atoms with Gasteiger partial charge in [-0.25, -0.2) is 14.4 Å². The molecular weight excluding hydrogens is 243 g/mol. The summed E-state index contributed by atoms with van der Waals surface area (Å²) in [7, 11) is 0. The van der Waals surface area contributed by atoms with Gasteiger partial charge in [0.2, 0.25) is 5.95 Å². The zero-order chi connectivity index (χ0) is 13.7. The average molecular weight is 260 g/mol. The molecule has 100 valence electrons. The first-order valence-electron chi connectivity index (χ1n) is 6.24. The molecule has 0 atom stereocenters. The van der Waals surface area contributed by atoms with E-state index in [4.69, 9.17) is 5.73 Å². The minimum absolute atomic E-state index is 0.429. The summed E-state index contributed by atoms with van der Waals surface area (Å²) in [6, 6.07) is 7.99. The van der Waals surface area contributed by atoms with E-state index >= 15 is 0 Å². The Hall–Kier alpha value is -2.01. The Bertz CT molecular complexity index is 527. The van der Waals surface area contributed by atoms with E-state index in [1.165, 1.54) is 12.4 Å². The number of anilines is 1. The fourth-order valence-electron chi connectivity index (χ4n) is 1.91. The van der Waals surface area contributed by atoms with Crippen molar-refractivity contribution in [3.63, 3.8) is 0 Å². The molecule has 0 aliphatic heterocycles. The van der Waals surface area contributed by atoms with Gasteiger partial charge in [-0.1, -0.05) is 24.3 Å². The summed E-state index contributed by atoms with van der Waals surface area (Å²) in [4.78, 5) is 10.00. The third-order valence-electron chi connectivity index (χ3n) is 2.97. The molecule has 2 aromatic rings. The standard InChI is InChI=1S/C14H17FN4/c1-2-19(14-17-8-13(15)9-18-14)10-12-6-4-3-5-11(12)7-16/h3-6,8-9H,2,7,10,16H2,1H3. The van der Waals surface area contributed by atoms with Crippen molar-refractivity contribution in [1.82, 2.24) is 9.97 Å². The monoisotopic (exact) mass is 260 g/mol. The summed E-state index contributed by atoms with van der Waals surface area (Å²) >= 11 is 0. The summed E-state index contributed by atoms with van der Waals surface area (Å²) in [6.45, 7) is 3.91. The summed E-state index contributed by atoms with van der Waals surface area (Å²) < 4.78 is 12.8. The zero-order valence-corrected chi connectivity index (χ0v) is 10.9. The van der Waals surface area contributed by atoms with Crippen LogP contribution in [0.4, 0.5) is 10.3 Å². The van der Waals surface area contributed by atoms with E-state index in [1.54, 1.807) is 0 Å². The van der Waals surface area contributed by atoms with Gasteiger partial charge in [0.15, 0.2) is 5.82 Å². The molecule has 0 aliphatic rings. The summed E-state index contributed by atoms with van der Waals surface area (Å²) in [5.41, 5.74) is 7.97. The van der Waals surface area contributed by atoms with Crippen molar-refractivity contribution in [2.45, 2.75) is 20.0 Å². The number of hydrogen-bond acceptors (Lipinski definition) is 4. The second-order valence-electron chi connectivity index (χ2n) is 4.19. The molecular formula is C14H17FN4. The van der Waals surface area contributed by atoms with Crippen LogP contribution in [-0.2, 0) is 13.1 Å². The van der Waals surface area contributed by atoms with Gasteiger partial charge in [0.05, 0.1) is 12.4 Å². The first kappa shape index (κ1) is 13.4. The Kier molecular flexibility index (Phi) is 4.41. The van der Waals surface area contributed by atoms with Crippen LogP contribution < -0.4 is 10.6 Å². The molecule has 0 amide bonds. The number of halogens is 1. The number of hydrogen-bond donors (Lipinski definition) is 1. The van der Waals surface area contributed by atoms with Crippen LogP contribution in [0.15, 0.2) is 36.7 Å². The van der Waals surface area contributed by atoms with Gasteiger partial charge in [-0.15, -0.1) is 0 Å². The van der Waals surface area contributed by atoms with Gasteiger partial charge >= 0.3 is 0 Å². The molecule has 2 rings (SSSR count). The molecule has 0 saturated heterocycles. The van der Waals surface area contributed by atoms with E-state index < -0.39 is 5.82 Å². The first-order valence-corrected chi connectivity index (χ1v) is 6.24. The summed E-state index contributed by atoms with van der Waals surface area (Å²) in [5, 5.41) is 0. The zero-order valence-electron chi connectivity index (χ0n) is 10.9. The lowest BCUT2D eigenvalue weighted by Gasteiger charge is -2.21. The quantitative estimate of drug-likeness (QED) is 0.894. The normalized spacial score (nSPS) is 10.5. The lowest BCUT2D eigenvalue weighted by molar-refractivity contribution is 0.611. The highest BCUT2D eigenvalue weighted by atomic mass is 19.1. The van der Waals surface area contributed by atoms with Crippen molar-refractivity contribution in [3.05, 3.63) is 53.6 Å². The van der Waals surface area contributed by atoms with E-state index in [2.05, 4.69) is 9.97 Å². The van der Waals surface area contributed by atoms with Crippen LogP contribution in [0.2, 0.25) is 0 Å². The van der Waals surface area contributed by atoms with E-state index in [-0.39, 0.29) is 0 Å². The van der Waals surface area contributed by atoms with Crippen LogP contribution >= 0.6 is 0 Å². The van der Waals surface area contributed by atoms with Gasteiger partial charge in [0.25, 0.3) is 0 Å². The molecule has 1 aromatic carbocycles. The van der Waals surface area contributed by atoms with Gasteiger partial charge < -0.3 is 10.6 Å². The Morgan fingerprint density at radius 1 is 1.16 bits per heavy atom. The molecule has 1 heterocycles. The lowest BCUT2D eigenvalue weighted by atomic mass is 10.1. The lowest BCUT2D eigenvalue weighted by Crippen LogP contribution is -2.25. The van der Waals surface area contributed by atoms with Crippen LogP contribution in [0.1, 0.15) is 18.1 Å². The Morgan fingerprint density at radius 3 is 2.37 bits per heavy atom. The fourth-order valence-corrected chi connectivity index (χ4v) is 1.91. The number of rotatable bonds is 5. The second kappa shape index (κ2) is 6.24. The highest BCUT2D eigenvalue weighted by Crippen LogP contribution is 2.15. The molecule has 5 heteroatoms. The van der Waals surface area contributed by atoms with Crippen molar-refractivity contribution in [2.24, 2.45) is 5.73 Å². The van der Waals surface area contributed by atoms with Crippen molar-refractivity contribution < 1.29 is 4.39 Å². The maximum Gasteiger partial charge on any atom is 0.225 e. The van der Waals surface area contributed by atoms with Crippen molar-refractivity contribution >= 4 is 5.95 Å². The molecule has 0 saturated carbocycles. The maximum atomic E-state index is 12.8. The number of nitrogens with zero attached hydrogens (tertiary/aromatic N) is 3. The van der Waals surface area contributed by atoms with Gasteiger partial charge in [-0.05, 0) is 18.1 Å². The van der Waals surface area contributed by atoms with Crippen molar-refractivity contribution in [3.8, 4) is 0 Å². The molecule has 4 nitrogen and oxygen atoms in total. The van der Waals surface area contributed by atoms with Crippen LogP contribution in [0.3, 0.4) is 0 Å². The molecule has 2 N–H and O–H groups in total. The van der Waals surface area contributed by atoms with Gasteiger partial charge in [0.1, 0.15) is 0 Å². The molecule has 1 aromatic heterocycles. The molecule has 0 fully saturated rings. The second-order valence-corrected chi connectivity index (χ2v) is 4.19. The van der Waals surface area contributed by atoms with E-state index in [1.807, 2.05) is 36.1 Å². The Morgan fingerprint density at radius 2 is 1.79 bits per heavy atom. The average Bonchev–Trinajstić information content (AvgIpc) is 2.46. The molecule has 0 radical (unpaired) electrons. The fraction of sp³-hybridized carbons (Fsp3) is 0.286. The third-order valence-corrected chi connectivity index (χ3v) is 2.97. The van der Waals surface area contributed by atoms with Gasteiger partial charge in [-0.3, -0.25) is 0 Å². The van der Waals surface area contributed by atoms with Crippen molar-refractivity contribution in [2.75, 3.05) is 11.4 Å². The van der Waals surface area contributed by atoms with Crippen LogP contribution in [0, 0.1) is 5.82 Å². The first-order chi connectivity index (χ1) is 9.24.